The summed E-state index contributed by atoms with van der Waals surface area (Å²) in [6, 6.07) is 14.4. The molecule has 0 spiro atoms. The van der Waals surface area contributed by atoms with Gasteiger partial charge in [0.15, 0.2) is 0 Å². The number of ether oxygens (including phenoxy) is 1. The quantitative estimate of drug-likeness (QED) is 0.698. The van der Waals surface area contributed by atoms with E-state index < -0.39 is 0 Å². The number of hydrogen-bond acceptors (Lipinski definition) is 3. The van der Waals surface area contributed by atoms with Crippen LogP contribution in [0.25, 0.3) is 10.8 Å². The molecule has 0 aliphatic heterocycles. The Hall–Kier alpha value is -1.87. The van der Waals surface area contributed by atoms with Crippen molar-refractivity contribution in [3.8, 4) is 5.75 Å². The van der Waals surface area contributed by atoms with Gasteiger partial charge in [-0.25, -0.2) is 4.98 Å². The number of fused-ring (bicyclic) bond motifs is 1. The highest BCUT2D eigenvalue weighted by molar-refractivity contribution is 7.11. The van der Waals surface area contributed by atoms with Crippen LogP contribution in [0.4, 0.5) is 0 Å². The van der Waals surface area contributed by atoms with Gasteiger partial charge < -0.3 is 4.74 Å². The maximum absolute atomic E-state index is 5.92. The molecular weight excluding hydrogens is 254 g/mol. The van der Waals surface area contributed by atoms with Crippen LogP contribution in [0, 0.1) is 13.8 Å². The Bertz CT molecular complexity index is 693. The molecule has 0 atom stereocenters. The molecule has 0 radical (unpaired) electrons. The van der Waals surface area contributed by atoms with Crippen LogP contribution in [0.5, 0.6) is 5.75 Å². The predicted octanol–water partition coefficient (Wildman–Crippen LogP) is 4.49. The van der Waals surface area contributed by atoms with Gasteiger partial charge >= 0.3 is 0 Å². The van der Waals surface area contributed by atoms with Gasteiger partial charge in [-0.3, -0.25) is 0 Å². The third-order valence-electron chi connectivity index (χ3n) is 3.17. The third-order valence-corrected chi connectivity index (χ3v) is 4.22. The minimum atomic E-state index is 0.535. The summed E-state index contributed by atoms with van der Waals surface area (Å²) in [4.78, 5) is 5.76. The molecule has 1 aromatic heterocycles. The molecule has 96 valence electrons. The normalized spacial score (nSPS) is 10.8. The maximum Gasteiger partial charge on any atom is 0.140 e. The van der Waals surface area contributed by atoms with Gasteiger partial charge in [-0.15, -0.1) is 11.3 Å². The second-order valence-corrected chi connectivity index (χ2v) is 5.80. The first-order chi connectivity index (χ1) is 9.24. The number of nitrogens with zero attached hydrogens (tertiary/aromatic N) is 1. The Morgan fingerprint density at radius 1 is 1.05 bits per heavy atom. The summed E-state index contributed by atoms with van der Waals surface area (Å²) < 4.78 is 5.92. The Morgan fingerprint density at radius 3 is 2.63 bits per heavy atom. The summed E-state index contributed by atoms with van der Waals surface area (Å²) in [5.74, 6) is 0.920. The van der Waals surface area contributed by atoms with E-state index >= 15 is 0 Å². The summed E-state index contributed by atoms with van der Waals surface area (Å²) in [6.45, 7) is 4.66. The molecule has 0 N–H and O–H groups in total. The van der Waals surface area contributed by atoms with E-state index in [-0.39, 0.29) is 0 Å². The van der Waals surface area contributed by atoms with Crippen molar-refractivity contribution in [1.29, 1.82) is 0 Å². The minimum Gasteiger partial charge on any atom is -0.486 e. The first-order valence-corrected chi connectivity index (χ1v) is 7.09. The summed E-state index contributed by atoms with van der Waals surface area (Å²) in [6.07, 6.45) is 0. The lowest BCUT2D eigenvalue weighted by atomic mass is 10.1. The Labute approximate surface area is 116 Å². The van der Waals surface area contributed by atoms with E-state index in [0.29, 0.717) is 6.61 Å². The van der Waals surface area contributed by atoms with Gasteiger partial charge in [0.2, 0.25) is 0 Å². The van der Waals surface area contributed by atoms with Crippen molar-refractivity contribution < 1.29 is 4.74 Å². The van der Waals surface area contributed by atoms with E-state index in [1.54, 1.807) is 11.3 Å². The average molecular weight is 269 g/mol. The lowest BCUT2D eigenvalue weighted by molar-refractivity contribution is 0.309. The summed E-state index contributed by atoms with van der Waals surface area (Å²) in [5, 5.41) is 3.38. The van der Waals surface area contributed by atoms with Crippen LogP contribution in [-0.4, -0.2) is 4.98 Å². The fraction of sp³-hybridized carbons (Fsp3) is 0.188. The molecule has 0 aliphatic rings. The molecule has 3 heteroatoms. The van der Waals surface area contributed by atoms with Crippen molar-refractivity contribution in [3.63, 3.8) is 0 Å². The molecule has 0 saturated carbocycles. The van der Waals surface area contributed by atoms with Crippen molar-refractivity contribution in [2.75, 3.05) is 0 Å². The molecule has 2 aromatic carbocycles. The van der Waals surface area contributed by atoms with Crippen LogP contribution in [0.3, 0.4) is 0 Å². The number of aryl methyl sites for hydroxylation is 2. The van der Waals surface area contributed by atoms with E-state index in [1.807, 2.05) is 31.2 Å². The maximum atomic E-state index is 5.92. The molecule has 0 saturated heterocycles. The smallest absolute Gasteiger partial charge is 0.140 e. The van der Waals surface area contributed by atoms with E-state index in [1.165, 1.54) is 10.3 Å². The van der Waals surface area contributed by atoms with Crippen molar-refractivity contribution in [3.05, 3.63) is 58.0 Å². The van der Waals surface area contributed by atoms with Crippen LogP contribution in [-0.2, 0) is 6.61 Å². The SMILES string of the molecule is Cc1nc(COc2cccc3ccccc23)sc1C. The summed E-state index contributed by atoms with van der Waals surface area (Å²) in [7, 11) is 0. The molecule has 0 fully saturated rings. The molecule has 0 unspecified atom stereocenters. The largest absolute Gasteiger partial charge is 0.486 e. The first kappa shape index (κ1) is 12.2. The van der Waals surface area contributed by atoms with Crippen molar-refractivity contribution in [2.45, 2.75) is 20.5 Å². The molecule has 2 nitrogen and oxygen atoms in total. The van der Waals surface area contributed by atoms with Gasteiger partial charge in [0.25, 0.3) is 0 Å². The highest BCUT2D eigenvalue weighted by Gasteiger charge is 2.06. The number of hydrogen-bond donors (Lipinski definition) is 0. The number of rotatable bonds is 3. The molecule has 0 bridgehead atoms. The van der Waals surface area contributed by atoms with Gasteiger partial charge in [-0.05, 0) is 25.3 Å². The van der Waals surface area contributed by atoms with E-state index in [2.05, 4.69) is 30.1 Å². The molecule has 0 aliphatic carbocycles. The Balaban J connectivity index is 1.85. The van der Waals surface area contributed by atoms with Crippen molar-refractivity contribution in [2.24, 2.45) is 0 Å². The topological polar surface area (TPSA) is 22.1 Å². The monoisotopic (exact) mass is 269 g/mol. The number of benzene rings is 2. The Morgan fingerprint density at radius 2 is 1.84 bits per heavy atom. The average Bonchev–Trinajstić information content (AvgIpc) is 2.75. The zero-order chi connectivity index (χ0) is 13.2. The van der Waals surface area contributed by atoms with Crippen LogP contribution in [0.1, 0.15) is 15.6 Å². The summed E-state index contributed by atoms with van der Waals surface area (Å²) >= 11 is 1.70. The molecule has 19 heavy (non-hydrogen) atoms. The second kappa shape index (κ2) is 5.02. The van der Waals surface area contributed by atoms with E-state index in [4.69, 9.17) is 4.74 Å². The lowest BCUT2D eigenvalue weighted by Crippen LogP contribution is -1.95. The third kappa shape index (κ3) is 2.47. The van der Waals surface area contributed by atoms with Crippen LogP contribution in [0.2, 0.25) is 0 Å². The van der Waals surface area contributed by atoms with Crippen molar-refractivity contribution >= 4 is 22.1 Å². The van der Waals surface area contributed by atoms with Crippen LogP contribution >= 0.6 is 11.3 Å². The van der Waals surface area contributed by atoms with Gasteiger partial charge in [-0.1, -0.05) is 36.4 Å². The first-order valence-electron chi connectivity index (χ1n) is 6.27. The molecule has 1 heterocycles. The number of aromatic nitrogens is 1. The van der Waals surface area contributed by atoms with E-state index in [9.17, 15) is 0 Å². The minimum absolute atomic E-state index is 0.535. The highest BCUT2D eigenvalue weighted by Crippen LogP contribution is 2.26. The van der Waals surface area contributed by atoms with Gasteiger partial charge in [0, 0.05) is 10.3 Å². The predicted molar refractivity (Wildman–Crippen MR) is 79.9 cm³/mol. The standard InChI is InChI=1S/C16H15NOS/c1-11-12(2)19-16(17-11)10-18-15-9-5-7-13-6-3-4-8-14(13)15/h3-9H,10H2,1-2H3. The van der Waals surface area contributed by atoms with E-state index in [0.717, 1.165) is 21.8 Å². The molecule has 0 amide bonds. The number of thiazole rings is 1. The fourth-order valence-corrected chi connectivity index (χ4v) is 2.91. The fourth-order valence-electron chi connectivity index (χ4n) is 2.06. The second-order valence-electron chi connectivity index (χ2n) is 4.52. The zero-order valence-corrected chi connectivity index (χ0v) is 11.8. The van der Waals surface area contributed by atoms with Crippen LogP contribution < -0.4 is 4.74 Å². The highest BCUT2D eigenvalue weighted by atomic mass is 32.1. The van der Waals surface area contributed by atoms with Gasteiger partial charge in [0.1, 0.15) is 17.4 Å². The zero-order valence-electron chi connectivity index (χ0n) is 11.0. The van der Waals surface area contributed by atoms with Gasteiger partial charge in [-0.2, -0.15) is 0 Å². The molecule has 3 rings (SSSR count). The molecular formula is C16H15NOS. The molecule has 3 aromatic rings. The van der Waals surface area contributed by atoms with Gasteiger partial charge in [0.05, 0.1) is 5.69 Å². The van der Waals surface area contributed by atoms with Crippen LogP contribution in [0.15, 0.2) is 42.5 Å². The summed E-state index contributed by atoms with van der Waals surface area (Å²) in [5.41, 5.74) is 1.10. The Kier molecular flexibility index (Phi) is 3.22. The lowest BCUT2D eigenvalue weighted by Gasteiger charge is -2.07. The van der Waals surface area contributed by atoms with Crippen molar-refractivity contribution in [1.82, 2.24) is 4.98 Å².